The van der Waals surface area contributed by atoms with Gasteiger partial charge in [0.25, 0.3) is 0 Å². The number of aliphatic hydroxyl groups is 1. The van der Waals surface area contributed by atoms with Gasteiger partial charge in [-0.05, 0) is 18.4 Å². The van der Waals surface area contributed by atoms with E-state index < -0.39 is 6.10 Å². The first kappa shape index (κ1) is 13.2. The van der Waals surface area contributed by atoms with Gasteiger partial charge in [0.15, 0.2) is 0 Å². The fraction of sp³-hybridized carbons (Fsp3) is 0.625. The smallest absolute Gasteiger partial charge is 0.249 e. The highest BCUT2D eigenvalue weighted by Gasteiger charge is 2.14. The second-order valence-corrected chi connectivity index (χ2v) is 5.13. The average Bonchev–Trinajstić information content (AvgIpc) is 2.68. The van der Waals surface area contributed by atoms with Crippen LogP contribution >= 0.6 is 23.1 Å². The molecule has 0 aliphatic heterocycles. The molecule has 0 aromatic carbocycles. The predicted molar refractivity (Wildman–Crippen MR) is 65.2 cm³/mol. The molecule has 0 saturated heterocycles. The Morgan fingerprint density at radius 2 is 2.44 bits per heavy atom. The standard InChI is InChI=1S/C8H14N4O2S2/c1-15-3-2-5(13)7(14)10-4-6-11-12-8(9)16-6/h5,13H,2-4H2,1H3,(H2,9,12)(H,10,14)/t5-/m1/s1. The summed E-state index contributed by atoms with van der Waals surface area (Å²) in [6, 6.07) is 0. The van der Waals surface area contributed by atoms with Crippen LogP contribution in [-0.2, 0) is 11.3 Å². The van der Waals surface area contributed by atoms with E-state index in [0.29, 0.717) is 16.6 Å². The van der Waals surface area contributed by atoms with Gasteiger partial charge in [0.05, 0.1) is 6.54 Å². The zero-order chi connectivity index (χ0) is 12.0. The molecule has 0 saturated carbocycles. The minimum Gasteiger partial charge on any atom is -0.383 e. The van der Waals surface area contributed by atoms with Crippen LogP contribution in [0.2, 0.25) is 0 Å². The van der Waals surface area contributed by atoms with Crippen molar-refractivity contribution >= 4 is 34.1 Å². The van der Waals surface area contributed by atoms with Gasteiger partial charge in [0.1, 0.15) is 11.1 Å². The zero-order valence-electron chi connectivity index (χ0n) is 8.84. The lowest BCUT2D eigenvalue weighted by Crippen LogP contribution is -2.34. The van der Waals surface area contributed by atoms with Gasteiger partial charge in [-0.3, -0.25) is 4.79 Å². The van der Waals surface area contributed by atoms with Crippen LogP contribution in [0.15, 0.2) is 0 Å². The Morgan fingerprint density at radius 3 is 3.00 bits per heavy atom. The van der Waals surface area contributed by atoms with E-state index in [1.54, 1.807) is 11.8 Å². The van der Waals surface area contributed by atoms with E-state index in [0.717, 1.165) is 5.75 Å². The van der Waals surface area contributed by atoms with Gasteiger partial charge < -0.3 is 16.2 Å². The highest BCUT2D eigenvalue weighted by molar-refractivity contribution is 7.98. The number of nitrogens with one attached hydrogen (secondary N) is 1. The molecule has 0 radical (unpaired) electrons. The number of nitrogens with zero attached hydrogens (tertiary/aromatic N) is 2. The summed E-state index contributed by atoms with van der Waals surface area (Å²) < 4.78 is 0. The van der Waals surface area contributed by atoms with Gasteiger partial charge in [-0.1, -0.05) is 11.3 Å². The van der Waals surface area contributed by atoms with E-state index in [1.165, 1.54) is 11.3 Å². The molecule has 1 rings (SSSR count). The first-order valence-corrected chi connectivity index (χ1v) is 6.87. The maximum Gasteiger partial charge on any atom is 0.249 e. The molecule has 1 heterocycles. The lowest BCUT2D eigenvalue weighted by atomic mass is 10.2. The van der Waals surface area contributed by atoms with Crippen molar-refractivity contribution in [1.82, 2.24) is 15.5 Å². The van der Waals surface area contributed by atoms with Crippen molar-refractivity contribution in [2.75, 3.05) is 17.7 Å². The molecule has 0 aliphatic rings. The van der Waals surface area contributed by atoms with E-state index in [-0.39, 0.29) is 12.5 Å². The summed E-state index contributed by atoms with van der Waals surface area (Å²) in [5.74, 6) is 0.364. The Labute approximate surface area is 102 Å². The number of aromatic nitrogens is 2. The highest BCUT2D eigenvalue weighted by atomic mass is 32.2. The number of hydrogen-bond acceptors (Lipinski definition) is 7. The summed E-state index contributed by atoms with van der Waals surface area (Å²) >= 11 is 2.80. The SMILES string of the molecule is CSCC[C@@H](O)C(=O)NCc1nnc(N)s1. The number of carbonyl (C=O) groups excluding carboxylic acids is 1. The second-order valence-electron chi connectivity index (χ2n) is 3.05. The molecular weight excluding hydrogens is 248 g/mol. The van der Waals surface area contributed by atoms with E-state index in [4.69, 9.17) is 5.73 Å². The van der Waals surface area contributed by atoms with E-state index >= 15 is 0 Å². The van der Waals surface area contributed by atoms with Gasteiger partial charge in [0.2, 0.25) is 11.0 Å². The molecule has 8 heteroatoms. The van der Waals surface area contributed by atoms with Gasteiger partial charge >= 0.3 is 0 Å². The number of carbonyl (C=O) groups is 1. The number of rotatable bonds is 6. The van der Waals surface area contributed by atoms with Crippen LogP contribution in [0.5, 0.6) is 0 Å². The van der Waals surface area contributed by atoms with E-state index in [1.807, 2.05) is 6.26 Å². The third kappa shape index (κ3) is 4.33. The van der Waals surface area contributed by atoms with Crippen LogP contribution in [0.1, 0.15) is 11.4 Å². The molecule has 1 aromatic heterocycles. The summed E-state index contributed by atoms with van der Waals surface area (Å²) in [4.78, 5) is 11.4. The van der Waals surface area contributed by atoms with Crippen molar-refractivity contribution < 1.29 is 9.90 Å². The Hall–Kier alpha value is -0.860. The zero-order valence-corrected chi connectivity index (χ0v) is 10.5. The van der Waals surface area contributed by atoms with Gasteiger partial charge in [-0.15, -0.1) is 10.2 Å². The Bertz CT molecular complexity index is 345. The number of nitrogens with two attached hydrogens (primary N) is 1. The number of thioether (sulfide) groups is 1. The number of hydrogen-bond donors (Lipinski definition) is 3. The van der Waals surface area contributed by atoms with Crippen LogP contribution in [0.3, 0.4) is 0 Å². The maximum absolute atomic E-state index is 11.4. The average molecular weight is 262 g/mol. The molecule has 1 amide bonds. The van der Waals surface area contributed by atoms with Crippen molar-refractivity contribution in [2.45, 2.75) is 19.1 Å². The van der Waals surface area contributed by atoms with Gasteiger partial charge in [-0.2, -0.15) is 11.8 Å². The Kier molecular flexibility index (Phi) is 5.50. The van der Waals surface area contributed by atoms with Crippen molar-refractivity contribution in [3.05, 3.63) is 5.01 Å². The number of anilines is 1. The number of aliphatic hydroxyl groups excluding tert-OH is 1. The first-order valence-electron chi connectivity index (χ1n) is 4.66. The normalized spacial score (nSPS) is 12.4. The fourth-order valence-electron chi connectivity index (χ4n) is 0.979. The number of amides is 1. The molecule has 1 atom stereocenters. The van der Waals surface area contributed by atoms with Crippen molar-refractivity contribution in [3.8, 4) is 0 Å². The summed E-state index contributed by atoms with van der Waals surface area (Å²) in [6.07, 6.45) is 1.41. The third-order valence-electron chi connectivity index (χ3n) is 1.79. The van der Waals surface area contributed by atoms with Crippen LogP contribution in [-0.4, -0.2) is 39.3 Å². The molecule has 0 fully saturated rings. The van der Waals surface area contributed by atoms with Crippen LogP contribution < -0.4 is 11.1 Å². The van der Waals surface area contributed by atoms with Crippen molar-refractivity contribution in [1.29, 1.82) is 0 Å². The molecule has 0 aliphatic carbocycles. The number of nitrogen functional groups attached to an aromatic ring is 1. The molecule has 1 aromatic rings. The molecule has 0 unspecified atom stereocenters. The molecular formula is C8H14N4O2S2. The monoisotopic (exact) mass is 262 g/mol. The first-order chi connectivity index (χ1) is 7.63. The maximum atomic E-state index is 11.4. The minimum absolute atomic E-state index is 0.254. The Balaban J connectivity index is 2.29. The molecule has 90 valence electrons. The highest BCUT2D eigenvalue weighted by Crippen LogP contribution is 2.10. The van der Waals surface area contributed by atoms with E-state index in [9.17, 15) is 9.90 Å². The van der Waals surface area contributed by atoms with Gasteiger partial charge in [-0.25, -0.2) is 0 Å². The molecule has 16 heavy (non-hydrogen) atoms. The van der Waals surface area contributed by atoms with E-state index in [2.05, 4.69) is 15.5 Å². The van der Waals surface area contributed by atoms with Crippen molar-refractivity contribution in [3.63, 3.8) is 0 Å². The minimum atomic E-state index is -0.960. The summed E-state index contributed by atoms with van der Waals surface area (Å²) in [6.45, 7) is 0.254. The van der Waals surface area contributed by atoms with Crippen LogP contribution in [0.25, 0.3) is 0 Å². The quantitative estimate of drug-likeness (QED) is 0.659. The predicted octanol–water partition coefficient (Wildman–Crippen LogP) is -0.150. The second kappa shape index (κ2) is 6.66. The third-order valence-corrected chi connectivity index (χ3v) is 3.19. The van der Waals surface area contributed by atoms with Crippen LogP contribution in [0, 0.1) is 0 Å². The van der Waals surface area contributed by atoms with Crippen LogP contribution in [0.4, 0.5) is 5.13 Å². The molecule has 4 N–H and O–H groups in total. The largest absolute Gasteiger partial charge is 0.383 e. The lowest BCUT2D eigenvalue weighted by molar-refractivity contribution is -0.129. The van der Waals surface area contributed by atoms with Crippen molar-refractivity contribution in [2.24, 2.45) is 0 Å². The topological polar surface area (TPSA) is 101 Å². The Morgan fingerprint density at radius 1 is 1.69 bits per heavy atom. The lowest BCUT2D eigenvalue weighted by Gasteiger charge is -2.09. The molecule has 0 spiro atoms. The fourth-order valence-corrected chi connectivity index (χ4v) is 1.99. The summed E-state index contributed by atoms with van der Waals surface area (Å²) in [7, 11) is 0. The summed E-state index contributed by atoms with van der Waals surface area (Å²) in [5, 5.41) is 20.4. The summed E-state index contributed by atoms with van der Waals surface area (Å²) in [5.41, 5.74) is 5.39. The van der Waals surface area contributed by atoms with Gasteiger partial charge in [0, 0.05) is 0 Å². The molecule has 0 bridgehead atoms. The molecule has 6 nitrogen and oxygen atoms in total.